The first kappa shape index (κ1) is 26.2. The van der Waals surface area contributed by atoms with Crippen molar-refractivity contribution in [3.63, 3.8) is 0 Å². The smallest absolute Gasteiger partial charge is 0.321 e. The zero-order valence-corrected chi connectivity index (χ0v) is 22.7. The van der Waals surface area contributed by atoms with Crippen molar-refractivity contribution in [3.8, 4) is 11.5 Å². The first-order valence-corrected chi connectivity index (χ1v) is 13.6. The molecule has 1 aliphatic rings. The Balaban J connectivity index is 1.18. The Morgan fingerprint density at radius 3 is 2.54 bits per heavy atom. The van der Waals surface area contributed by atoms with E-state index in [0.29, 0.717) is 30.0 Å². The first-order valence-electron chi connectivity index (χ1n) is 13.6. The van der Waals surface area contributed by atoms with Crippen LogP contribution in [0.15, 0.2) is 109 Å². The lowest BCUT2D eigenvalue weighted by molar-refractivity contribution is -0.145. The molecule has 4 aromatic carbocycles. The molecule has 1 aliphatic heterocycles. The summed E-state index contributed by atoms with van der Waals surface area (Å²) >= 11 is 0. The van der Waals surface area contributed by atoms with E-state index < -0.39 is 11.9 Å². The molecule has 7 nitrogen and oxygen atoms in total. The molecule has 0 amide bonds. The number of anilines is 1. The third-order valence-corrected chi connectivity index (χ3v) is 7.28. The number of esters is 1. The summed E-state index contributed by atoms with van der Waals surface area (Å²) in [4.78, 5) is 32.6. The lowest BCUT2D eigenvalue weighted by Crippen LogP contribution is -2.41. The second kappa shape index (κ2) is 11.6. The number of nitrogens with zero attached hydrogens (tertiary/aromatic N) is 1. The van der Waals surface area contributed by atoms with Gasteiger partial charge < -0.3 is 24.1 Å². The van der Waals surface area contributed by atoms with Crippen molar-refractivity contribution in [2.75, 3.05) is 25.1 Å². The molecule has 1 aromatic heterocycles. The Bertz CT molecular complexity index is 1660. The van der Waals surface area contributed by atoms with Crippen LogP contribution in [0.4, 0.5) is 5.69 Å². The number of para-hydroxylation sites is 2. The van der Waals surface area contributed by atoms with Gasteiger partial charge in [-0.3, -0.25) is 9.59 Å². The minimum absolute atomic E-state index is 0.0856. The molecule has 2 heterocycles. The molecule has 7 heteroatoms. The van der Waals surface area contributed by atoms with Gasteiger partial charge in [-0.15, -0.1) is 0 Å². The van der Waals surface area contributed by atoms with E-state index in [1.165, 1.54) is 0 Å². The predicted molar refractivity (Wildman–Crippen MR) is 158 cm³/mol. The van der Waals surface area contributed by atoms with Crippen molar-refractivity contribution < 1.29 is 23.8 Å². The van der Waals surface area contributed by atoms with Gasteiger partial charge in [0, 0.05) is 29.7 Å². The van der Waals surface area contributed by atoms with Crippen molar-refractivity contribution in [2.45, 2.75) is 18.6 Å². The van der Waals surface area contributed by atoms with Crippen LogP contribution in [0.2, 0.25) is 0 Å². The van der Waals surface area contributed by atoms with Gasteiger partial charge in [-0.25, -0.2) is 0 Å². The summed E-state index contributed by atoms with van der Waals surface area (Å²) in [6, 6.07) is 31.6. The SMILES string of the molecule is CN1C[C@@H](COc2ccc(C(=O)C(C(=O)OCc3ccccc3)c3cccc4[nH]ccc34)cc2)Oc2ccccc21. The average molecular weight is 547 g/mol. The number of H-pyrrole nitrogens is 1. The second-order valence-corrected chi connectivity index (χ2v) is 10.1. The first-order chi connectivity index (χ1) is 20.1. The monoisotopic (exact) mass is 546 g/mol. The fraction of sp³-hybridized carbons (Fsp3) is 0.176. The largest absolute Gasteiger partial charge is 0.490 e. The van der Waals surface area contributed by atoms with E-state index in [0.717, 1.165) is 27.9 Å². The van der Waals surface area contributed by atoms with Gasteiger partial charge in [-0.05, 0) is 59.7 Å². The van der Waals surface area contributed by atoms with E-state index in [2.05, 4.69) is 9.88 Å². The van der Waals surface area contributed by atoms with Crippen LogP contribution in [0.25, 0.3) is 10.9 Å². The maximum Gasteiger partial charge on any atom is 0.321 e. The summed E-state index contributed by atoms with van der Waals surface area (Å²) < 4.78 is 17.8. The van der Waals surface area contributed by atoms with Gasteiger partial charge in [0.05, 0.1) is 12.2 Å². The highest BCUT2D eigenvalue weighted by Gasteiger charge is 2.32. The maximum atomic E-state index is 13.9. The minimum Gasteiger partial charge on any atom is -0.490 e. The Morgan fingerprint density at radius 2 is 1.71 bits per heavy atom. The molecule has 2 atom stereocenters. The number of aromatic nitrogens is 1. The van der Waals surface area contributed by atoms with Crippen LogP contribution in [0.3, 0.4) is 0 Å². The van der Waals surface area contributed by atoms with Crippen molar-refractivity contribution in [2.24, 2.45) is 0 Å². The third kappa shape index (κ3) is 5.65. The summed E-state index contributed by atoms with van der Waals surface area (Å²) in [7, 11) is 2.03. The molecule has 0 bridgehead atoms. The van der Waals surface area contributed by atoms with Crippen molar-refractivity contribution in [1.82, 2.24) is 4.98 Å². The van der Waals surface area contributed by atoms with E-state index in [4.69, 9.17) is 14.2 Å². The number of rotatable bonds is 9. The van der Waals surface area contributed by atoms with Gasteiger partial charge in [-0.1, -0.05) is 54.6 Å². The lowest BCUT2D eigenvalue weighted by Gasteiger charge is -2.33. The molecule has 1 N–H and O–H groups in total. The van der Waals surface area contributed by atoms with Gasteiger partial charge in [0.25, 0.3) is 0 Å². The molecule has 1 unspecified atom stereocenters. The second-order valence-electron chi connectivity index (χ2n) is 10.1. The fourth-order valence-electron chi connectivity index (χ4n) is 5.20. The number of likely N-dealkylation sites (N-methyl/N-ethyl adjacent to an activating group) is 1. The van der Waals surface area contributed by atoms with Gasteiger partial charge >= 0.3 is 5.97 Å². The molecule has 0 fully saturated rings. The topological polar surface area (TPSA) is 80.9 Å². The summed E-state index contributed by atoms with van der Waals surface area (Å²) in [5, 5.41) is 0.807. The van der Waals surface area contributed by atoms with Gasteiger partial charge in [0.2, 0.25) is 0 Å². The molecule has 0 saturated carbocycles. The van der Waals surface area contributed by atoms with Crippen LogP contribution >= 0.6 is 0 Å². The molecular formula is C34H30N2O5. The standard InChI is InChI=1S/C34H30N2O5/c1-36-20-26(41-31-13-6-5-12-30(31)36)22-39-25-16-14-24(15-17-25)33(37)32(28-10-7-11-29-27(28)18-19-35-29)34(38)40-21-23-8-3-2-4-9-23/h2-19,26,32,35H,20-22H2,1H3/t26-,32?/m0/s1. The normalized spacial score (nSPS) is 15.0. The molecular weight excluding hydrogens is 516 g/mol. The van der Waals surface area contributed by atoms with Gasteiger partial charge in [0.15, 0.2) is 5.78 Å². The molecule has 5 aromatic rings. The summed E-state index contributed by atoms with van der Waals surface area (Å²) in [6.07, 6.45) is 1.66. The summed E-state index contributed by atoms with van der Waals surface area (Å²) in [6.45, 7) is 1.14. The molecule has 0 radical (unpaired) electrons. The number of hydrogen-bond donors (Lipinski definition) is 1. The van der Waals surface area contributed by atoms with Crippen LogP contribution in [-0.2, 0) is 16.1 Å². The summed E-state index contributed by atoms with van der Waals surface area (Å²) in [5.74, 6) is -0.596. The number of nitrogens with one attached hydrogen (secondary N) is 1. The molecule has 206 valence electrons. The molecule has 41 heavy (non-hydrogen) atoms. The highest BCUT2D eigenvalue weighted by Crippen LogP contribution is 2.33. The van der Waals surface area contributed by atoms with Crippen LogP contribution in [-0.4, -0.2) is 43.0 Å². The Kier molecular flexibility index (Phi) is 7.41. The zero-order valence-electron chi connectivity index (χ0n) is 22.7. The third-order valence-electron chi connectivity index (χ3n) is 7.28. The lowest BCUT2D eigenvalue weighted by atomic mass is 9.88. The quantitative estimate of drug-likeness (QED) is 0.136. The highest BCUT2D eigenvalue weighted by atomic mass is 16.5. The van der Waals surface area contributed by atoms with Crippen molar-refractivity contribution in [3.05, 3.63) is 126 Å². The maximum absolute atomic E-state index is 13.9. The number of Topliss-reactive ketones (excluding diaryl/α,β-unsaturated/α-hetero) is 1. The van der Waals surface area contributed by atoms with Gasteiger partial charge in [0.1, 0.15) is 36.7 Å². The molecule has 0 spiro atoms. The number of fused-ring (bicyclic) bond motifs is 2. The predicted octanol–water partition coefficient (Wildman–Crippen LogP) is 6.15. The summed E-state index contributed by atoms with van der Waals surface area (Å²) in [5.41, 5.74) is 3.75. The fourth-order valence-corrected chi connectivity index (χ4v) is 5.20. The van der Waals surface area contributed by atoms with Crippen LogP contribution in [0, 0.1) is 0 Å². The average Bonchev–Trinajstić information content (AvgIpc) is 3.50. The number of benzene rings is 4. The van der Waals surface area contributed by atoms with Crippen LogP contribution in [0.5, 0.6) is 11.5 Å². The molecule has 0 saturated heterocycles. The number of carbonyl (C=O) groups excluding carboxylic acids is 2. The highest BCUT2D eigenvalue weighted by molar-refractivity contribution is 6.14. The number of carbonyl (C=O) groups is 2. The van der Waals surface area contributed by atoms with E-state index in [-0.39, 0.29) is 18.5 Å². The van der Waals surface area contributed by atoms with E-state index >= 15 is 0 Å². The van der Waals surface area contributed by atoms with E-state index in [1.807, 2.05) is 79.8 Å². The Labute approximate surface area is 238 Å². The van der Waals surface area contributed by atoms with Crippen LogP contribution < -0.4 is 14.4 Å². The van der Waals surface area contributed by atoms with E-state index in [9.17, 15) is 9.59 Å². The minimum atomic E-state index is -1.11. The van der Waals surface area contributed by atoms with Crippen molar-refractivity contribution >= 4 is 28.3 Å². The number of aromatic amines is 1. The van der Waals surface area contributed by atoms with Crippen molar-refractivity contribution in [1.29, 1.82) is 0 Å². The number of ketones is 1. The zero-order chi connectivity index (χ0) is 28.2. The Hall–Kier alpha value is -5.04. The molecule has 6 rings (SSSR count). The van der Waals surface area contributed by atoms with E-state index in [1.54, 1.807) is 36.5 Å². The number of ether oxygens (including phenoxy) is 3. The van der Waals surface area contributed by atoms with Gasteiger partial charge in [-0.2, -0.15) is 0 Å². The number of hydrogen-bond acceptors (Lipinski definition) is 6. The van der Waals surface area contributed by atoms with Crippen LogP contribution in [0.1, 0.15) is 27.4 Å². The Morgan fingerprint density at radius 1 is 0.927 bits per heavy atom. The molecule has 0 aliphatic carbocycles.